The molecule has 0 N–H and O–H groups in total. The minimum Gasteiger partial charge on any atom is -0.384 e. The van der Waals surface area contributed by atoms with Gasteiger partial charge in [0.15, 0.2) is 0 Å². The number of nitrogens with zero attached hydrogens (tertiary/aromatic N) is 4. The zero-order chi connectivity index (χ0) is 25.5. The van der Waals surface area contributed by atoms with Crippen LogP contribution in [0.2, 0.25) is 0 Å². The van der Waals surface area contributed by atoms with Gasteiger partial charge in [-0.15, -0.1) is 0 Å². The van der Waals surface area contributed by atoms with Gasteiger partial charge in [0.1, 0.15) is 5.69 Å². The fraction of sp³-hybridized carbons (Fsp3) is 0.370. The number of nitriles is 1. The molecule has 2 atom stereocenters. The van der Waals surface area contributed by atoms with Crippen molar-refractivity contribution in [3.63, 3.8) is 0 Å². The number of benzene rings is 2. The Labute approximate surface area is 206 Å². The Morgan fingerprint density at radius 2 is 2.03 bits per heavy atom. The molecule has 3 aromatic rings. The summed E-state index contributed by atoms with van der Waals surface area (Å²) in [4.78, 5) is 21.6. The lowest BCUT2D eigenvalue weighted by atomic mass is 9.73. The van der Waals surface area contributed by atoms with Crippen molar-refractivity contribution >= 4 is 22.4 Å². The van der Waals surface area contributed by atoms with Gasteiger partial charge in [-0.05, 0) is 36.1 Å². The van der Waals surface area contributed by atoms with Crippen LogP contribution in [0.25, 0.3) is 10.8 Å². The van der Waals surface area contributed by atoms with E-state index in [9.17, 15) is 18.0 Å². The van der Waals surface area contributed by atoms with Crippen LogP contribution in [0.3, 0.4) is 0 Å². The highest BCUT2D eigenvalue weighted by Gasteiger charge is 2.50. The molecule has 6 nitrogen and oxygen atoms in total. The predicted octanol–water partition coefficient (Wildman–Crippen LogP) is 4.74. The molecule has 0 aliphatic carbocycles. The summed E-state index contributed by atoms with van der Waals surface area (Å²) >= 11 is 0. The molecule has 0 radical (unpaired) electrons. The number of anilines is 1. The number of fused-ring (bicyclic) bond motifs is 2. The first-order chi connectivity index (χ1) is 17.3. The van der Waals surface area contributed by atoms with E-state index >= 15 is 0 Å². The van der Waals surface area contributed by atoms with Crippen LogP contribution < -0.4 is 4.90 Å². The second-order valence-corrected chi connectivity index (χ2v) is 9.59. The molecule has 0 bridgehead atoms. The standard InChI is InChI=1S/C27H25F3N4O2/c1-36-17-26-9-11-33(25(35)24-22-5-3-2-4-18(22)8-10-32-24)14-20(26)15-34(16-26)21-7-6-19(13-31)23(12-21)27(28,29)30/h2-8,10,12,20H,9,11,14-17H2,1H3/t20-,26+/m1/s1. The lowest BCUT2D eigenvalue weighted by Crippen LogP contribution is -2.51. The maximum Gasteiger partial charge on any atom is 0.417 e. The van der Waals surface area contributed by atoms with Crippen LogP contribution in [-0.4, -0.2) is 55.7 Å². The zero-order valence-corrected chi connectivity index (χ0v) is 19.8. The van der Waals surface area contributed by atoms with Gasteiger partial charge in [0.2, 0.25) is 0 Å². The van der Waals surface area contributed by atoms with Gasteiger partial charge in [0, 0.05) is 61.9 Å². The summed E-state index contributed by atoms with van der Waals surface area (Å²) in [6.07, 6.45) is -2.32. The van der Waals surface area contributed by atoms with Crippen LogP contribution in [0.5, 0.6) is 0 Å². The number of amides is 1. The van der Waals surface area contributed by atoms with Crippen molar-refractivity contribution in [2.75, 3.05) is 44.8 Å². The van der Waals surface area contributed by atoms with E-state index in [1.165, 1.54) is 6.07 Å². The molecule has 9 heteroatoms. The summed E-state index contributed by atoms with van der Waals surface area (Å²) < 4.78 is 46.3. The Hall–Kier alpha value is -3.64. The predicted molar refractivity (Wildman–Crippen MR) is 128 cm³/mol. The Bertz CT molecular complexity index is 1350. The molecule has 2 fully saturated rings. The van der Waals surface area contributed by atoms with Gasteiger partial charge >= 0.3 is 6.18 Å². The molecule has 3 heterocycles. The maximum atomic E-state index is 13.6. The number of alkyl halides is 3. The number of carbonyl (C=O) groups is 1. The van der Waals surface area contributed by atoms with Gasteiger partial charge in [-0.25, -0.2) is 0 Å². The number of methoxy groups -OCH3 is 1. The average molecular weight is 495 g/mol. The number of hydrogen-bond donors (Lipinski definition) is 0. The molecule has 5 rings (SSSR count). The van der Waals surface area contributed by atoms with Gasteiger partial charge in [0.05, 0.1) is 23.8 Å². The third kappa shape index (κ3) is 4.16. The number of likely N-dealkylation sites (tertiary alicyclic amines) is 1. The number of aromatic nitrogens is 1. The van der Waals surface area contributed by atoms with Gasteiger partial charge < -0.3 is 14.5 Å². The van der Waals surface area contributed by atoms with Crippen LogP contribution >= 0.6 is 0 Å². The second-order valence-electron chi connectivity index (χ2n) is 9.59. The quantitative estimate of drug-likeness (QED) is 0.524. The molecule has 2 saturated heterocycles. The third-order valence-corrected chi connectivity index (χ3v) is 7.52. The minimum absolute atomic E-state index is 0.00936. The Morgan fingerprint density at radius 1 is 1.22 bits per heavy atom. The number of rotatable bonds is 4. The topological polar surface area (TPSA) is 69.5 Å². The van der Waals surface area contributed by atoms with E-state index in [4.69, 9.17) is 10.00 Å². The van der Waals surface area contributed by atoms with Gasteiger partial charge in [0.25, 0.3) is 5.91 Å². The summed E-state index contributed by atoms with van der Waals surface area (Å²) in [5, 5.41) is 10.9. The Morgan fingerprint density at radius 3 is 2.78 bits per heavy atom. The highest BCUT2D eigenvalue weighted by atomic mass is 19.4. The zero-order valence-electron chi connectivity index (χ0n) is 19.8. The normalized spacial score (nSPS) is 21.9. The summed E-state index contributed by atoms with van der Waals surface area (Å²) in [5.74, 6) is -0.135. The number of halogens is 3. The molecule has 2 aromatic carbocycles. The van der Waals surface area contributed by atoms with Gasteiger partial charge in [-0.1, -0.05) is 24.3 Å². The van der Waals surface area contributed by atoms with Crippen LogP contribution in [0.15, 0.2) is 54.7 Å². The molecule has 0 unspecified atom stereocenters. The van der Waals surface area contributed by atoms with Gasteiger partial charge in [-0.2, -0.15) is 18.4 Å². The van der Waals surface area contributed by atoms with Crippen molar-refractivity contribution in [1.29, 1.82) is 5.26 Å². The lowest BCUT2D eigenvalue weighted by Gasteiger charge is -2.42. The number of hydrogen-bond acceptors (Lipinski definition) is 5. The van der Waals surface area contributed by atoms with Gasteiger partial charge in [-0.3, -0.25) is 9.78 Å². The molecule has 2 aliphatic heterocycles. The fourth-order valence-electron chi connectivity index (χ4n) is 5.69. The van der Waals surface area contributed by atoms with Crippen LogP contribution in [0.1, 0.15) is 28.0 Å². The Balaban J connectivity index is 1.42. The SMILES string of the molecule is COC[C@@]12CCN(C(=O)c3nccc4ccccc34)C[C@@H]1CN(c1ccc(C#N)c(C(F)(F)F)c1)C2. The van der Waals surface area contributed by atoms with E-state index < -0.39 is 17.3 Å². The first-order valence-electron chi connectivity index (χ1n) is 11.7. The summed E-state index contributed by atoms with van der Waals surface area (Å²) in [6.45, 7) is 2.43. The smallest absolute Gasteiger partial charge is 0.384 e. The summed E-state index contributed by atoms with van der Waals surface area (Å²) in [7, 11) is 1.62. The number of carbonyl (C=O) groups excluding carboxylic acids is 1. The van der Waals surface area contributed by atoms with E-state index in [1.54, 1.807) is 30.3 Å². The molecule has 1 aromatic heterocycles. The number of ether oxygens (including phenoxy) is 1. The van der Waals surface area contributed by atoms with E-state index in [0.29, 0.717) is 50.6 Å². The van der Waals surface area contributed by atoms with Crippen molar-refractivity contribution < 1.29 is 22.7 Å². The van der Waals surface area contributed by atoms with Crippen molar-refractivity contribution in [2.45, 2.75) is 12.6 Å². The minimum atomic E-state index is -4.62. The van der Waals surface area contributed by atoms with E-state index in [1.807, 2.05) is 35.2 Å². The molecule has 0 spiro atoms. The third-order valence-electron chi connectivity index (χ3n) is 7.52. The molecule has 0 saturated carbocycles. The van der Waals surface area contributed by atoms with Crippen molar-refractivity contribution in [3.05, 3.63) is 71.5 Å². The molecule has 186 valence electrons. The molecule has 1 amide bonds. The van der Waals surface area contributed by atoms with E-state index in [2.05, 4.69) is 4.98 Å². The van der Waals surface area contributed by atoms with Crippen LogP contribution in [0.4, 0.5) is 18.9 Å². The number of piperidine rings is 1. The second kappa shape index (κ2) is 9.10. The van der Waals surface area contributed by atoms with Crippen LogP contribution in [-0.2, 0) is 10.9 Å². The van der Waals surface area contributed by atoms with E-state index in [0.717, 1.165) is 16.8 Å². The highest BCUT2D eigenvalue weighted by molar-refractivity contribution is 6.05. The monoisotopic (exact) mass is 494 g/mol. The Kier molecular flexibility index (Phi) is 6.08. The fourth-order valence-corrected chi connectivity index (χ4v) is 5.69. The van der Waals surface area contributed by atoms with Crippen LogP contribution in [0, 0.1) is 22.7 Å². The average Bonchev–Trinajstić information content (AvgIpc) is 3.26. The molecular weight excluding hydrogens is 469 g/mol. The lowest BCUT2D eigenvalue weighted by molar-refractivity contribution is -0.137. The first-order valence-corrected chi connectivity index (χ1v) is 11.7. The first kappa shape index (κ1) is 24.1. The summed E-state index contributed by atoms with van der Waals surface area (Å²) in [5.41, 5.74) is -0.793. The molecular formula is C27H25F3N4O2. The maximum absolute atomic E-state index is 13.6. The highest BCUT2D eigenvalue weighted by Crippen LogP contribution is 2.45. The van der Waals surface area contributed by atoms with Crippen molar-refractivity contribution in [1.82, 2.24) is 9.88 Å². The molecule has 2 aliphatic rings. The number of pyridine rings is 1. The largest absolute Gasteiger partial charge is 0.417 e. The van der Waals surface area contributed by atoms with E-state index in [-0.39, 0.29) is 17.2 Å². The van der Waals surface area contributed by atoms with Crippen molar-refractivity contribution in [2.24, 2.45) is 11.3 Å². The van der Waals surface area contributed by atoms with Crippen molar-refractivity contribution in [3.8, 4) is 6.07 Å². The molecule has 36 heavy (non-hydrogen) atoms. The summed E-state index contributed by atoms with van der Waals surface area (Å²) in [6, 6.07) is 15.0.